The molecule has 1 atom stereocenters. The summed E-state index contributed by atoms with van der Waals surface area (Å²) in [6.07, 6.45) is 4.70. The molecule has 0 radical (unpaired) electrons. The fraction of sp³-hybridized carbons (Fsp3) is 0.429. The number of aryl methyl sites for hydroxylation is 1. The molecule has 0 aliphatic carbocycles. The monoisotopic (exact) mass is 343 g/mol. The SMILES string of the molecule is COc1ccc(Cc2cccc(CCC3CCCN3)c2F)c(OC)c1. The Kier molecular flexibility index (Phi) is 5.92. The lowest BCUT2D eigenvalue weighted by Crippen LogP contribution is -2.21. The summed E-state index contributed by atoms with van der Waals surface area (Å²) in [6, 6.07) is 11.9. The molecular formula is C21H26FNO2. The Morgan fingerprint density at radius 3 is 2.64 bits per heavy atom. The van der Waals surface area contributed by atoms with Gasteiger partial charge in [0.1, 0.15) is 17.3 Å². The second-order valence-corrected chi connectivity index (χ2v) is 6.58. The summed E-state index contributed by atoms with van der Waals surface area (Å²) in [5, 5.41) is 3.48. The van der Waals surface area contributed by atoms with Crippen molar-refractivity contribution in [3.05, 3.63) is 58.9 Å². The molecule has 1 heterocycles. The first kappa shape index (κ1) is 17.7. The molecule has 4 heteroatoms. The topological polar surface area (TPSA) is 30.5 Å². The smallest absolute Gasteiger partial charge is 0.129 e. The first-order chi connectivity index (χ1) is 12.2. The van der Waals surface area contributed by atoms with E-state index >= 15 is 0 Å². The van der Waals surface area contributed by atoms with Crippen molar-refractivity contribution >= 4 is 0 Å². The van der Waals surface area contributed by atoms with E-state index in [9.17, 15) is 4.39 Å². The highest BCUT2D eigenvalue weighted by molar-refractivity contribution is 5.44. The van der Waals surface area contributed by atoms with Crippen LogP contribution in [0, 0.1) is 5.82 Å². The average molecular weight is 343 g/mol. The number of benzene rings is 2. The summed E-state index contributed by atoms with van der Waals surface area (Å²) in [6.45, 7) is 1.09. The van der Waals surface area contributed by atoms with E-state index in [1.807, 2.05) is 36.4 Å². The zero-order valence-electron chi connectivity index (χ0n) is 15.0. The van der Waals surface area contributed by atoms with Crippen molar-refractivity contribution < 1.29 is 13.9 Å². The summed E-state index contributed by atoms with van der Waals surface area (Å²) in [5.74, 6) is 1.37. The largest absolute Gasteiger partial charge is 0.497 e. The molecule has 1 saturated heterocycles. The fourth-order valence-corrected chi connectivity index (χ4v) is 3.50. The van der Waals surface area contributed by atoms with Crippen molar-refractivity contribution in [3.63, 3.8) is 0 Å². The summed E-state index contributed by atoms with van der Waals surface area (Å²) < 4.78 is 25.6. The molecule has 2 aromatic carbocycles. The molecule has 0 amide bonds. The van der Waals surface area contributed by atoms with Gasteiger partial charge in [0.15, 0.2) is 0 Å². The van der Waals surface area contributed by atoms with Gasteiger partial charge in [-0.05, 0) is 55.0 Å². The number of methoxy groups -OCH3 is 2. The van der Waals surface area contributed by atoms with Crippen LogP contribution in [0.3, 0.4) is 0 Å². The highest BCUT2D eigenvalue weighted by atomic mass is 19.1. The molecular weight excluding hydrogens is 317 g/mol. The van der Waals surface area contributed by atoms with Crippen molar-refractivity contribution in [1.82, 2.24) is 5.32 Å². The van der Waals surface area contributed by atoms with Crippen LogP contribution in [0.25, 0.3) is 0 Å². The molecule has 1 unspecified atom stereocenters. The number of hydrogen-bond donors (Lipinski definition) is 1. The molecule has 0 saturated carbocycles. The molecule has 134 valence electrons. The van der Waals surface area contributed by atoms with E-state index in [4.69, 9.17) is 9.47 Å². The summed E-state index contributed by atoms with van der Waals surface area (Å²) in [7, 11) is 3.25. The van der Waals surface area contributed by atoms with E-state index in [0.29, 0.717) is 18.0 Å². The number of hydrogen-bond acceptors (Lipinski definition) is 3. The van der Waals surface area contributed by atoms with Crippen LogP contribution in [-0.4, -0.2) is 26.8 Å². The Bertz CT molecular complexity index is 711. The van der Waals surface area contributed by atoms with Crippen molar-refractivity contribution in [2.75, 3.05) is 20.8 Å². The van der Waals surface area contributed by atoms with Crippen LogP contribution in [-0.2, 0) is 12.8 Å². The minimum Gasteiger partial charge on any atom is -0.497 e. The van der Waals surface area contributed by atoms with Gasteiger partial charge in [-0.15, -0.1) is 0 Å². The maximum Gasteiger partial charge on any atom is 0.129 e. The molecule has 25 heavy (non-hydrogen) atoms. The van der Waals surface area contributed by atoms with Gasteiger partial charge in [0, 0.05) is 18.5 Å². The van der Waals surface area contributed by atoms with Crippen LogP contribution in [0.4, 0.5) is 4.39 Å². The van der Waals surface area contributed by atoms with Gasteiger partial charge in [0.05, 0.1) is 14.2 Å². The van der Waals surface area contributed by atoms with Gasteiger partial charge < -0.3 is 14.8 Å². The highest BCUT2D eigenvalue weighted by Crippen LogP contribution is 2.28. The Balaban J connectivity index is 1.75. The van der Waals surface area contributed by atoms with E-state index in [1.165, 1.54) is 12.8 Å². The first-order valence-electron chi connectivity index (χ1n) is 8.92. The van der Waals surface area contributed by atoms with Crippen LogP contribution in [0.2, 0.25) is 0 Å². The van der Waals surface area contributed by atoms with Gasteiger partial charge in [0.2, 0.25) is 0 Å². The molecule has 3 rings (SSSR count). The second kappa shape index (κ2) is 8.34. The Hall–Kier alpha value is -2.07. The standard InChI is InChI=1S/C21H26FNO2/c1-24-19-11-9-16(20(14-19)25-2)13-17-6-3-5-15(21(17)22)8-10-18-7-4-12-23-18/h3,5-6,9,11,14,18,23H,4,7-8,10,12-13H2,1-2H3. The number of halogens is 1. The summed E-state index contributed by atoms with van der Waals surface area (Å²) in [5.41, 5.74) is 2.47. The third-order valence-electron chi connectivity index (χ3n) is 4.96. The molecule has 2 aromatic rings. The Labute approximate surface area is 149 Å². The van der Waals surface area contributed by atoms with Crippen molar-refractivity contribution in [2.45, 2.75) is 38.1 Å². The predicted molar refractivity (Wildman–Crippen MR) is 98.1 cm³/mol. The fourth-order valence-electron chi connectivity index (χ4n) is 3.50. The summed E-state index contributed by atoms with van der Waals surface area (Å²) in [4.78, 5) is 0. The van der Waals surface area contributed by atoms with Gasteiger partial charge >= 0.3 is 0 Å². The molecule has 0 aromatic heterocycles. The van der Waals surface area contributed by atoms with Crippen LogP contribution in [0.15, 0.2) is 36.4 Å². The molecule has 1 fully saturated rings. The van der Waals surface area contributed by atoms with E-state index < -0.39 is 0 Å². The maximum atomic E-state index is 14.9. The quantitative estimate of drug-likeness (QED) is 0.820. The normalized spacial score (nSPS) is 16.8. The van der Waals surface area contributed by atoms with Crippen molar-refractivity contribution in [1.29, 1.82) is 0 Å². The number of nitrogens with one attached hydrogen (secondary N) is 1. The molecule has 0 bridgehead atoms. The van der Waals surface area contributed by atoms with Crippen LogP contribution < -0.4 is 14.8 Å². The van der Waals surface area contributed by atoms with Gasteiger partial charge in [-0.25, -0.2) is 4.39 Å². The minimum atomic E-state index is -0.0848. The lowest BCUT2D eigenvalue weighted by molar-refractivity contribution is 0.391. The third kappa shape index (κ3) is 4.31. The minimum absolute atomic E-state index is 0.0848. The average Bonchev–Trinajstić information content (AvgIpc) is 3.16. The van der Waals surface area contributed by atoms with Gasteiger partial charge in [0.25, 0.3) is 0 Å². The van der Waals surface area contributed by atoms with E-state index in [0.717, 1.165) is 42.0 Å². The molecule has 0 spiro atoms. The first-order valence-corrected chi connectivity index (χ1v) is 8.92. The van der Waals surface area contributed by atoms with Gasteiger partial charge in [-0.1, -0.05) is 24.3 Å². The highest BCUT2D eigenvalue weighted by Gasteiger charge is 2.16. The van der Waals surface area contributed by atoms with Gasteiger partial charge in [-0.2, -0.15) is 0 Å². The Morgan fingerprint density at radius 1 is 1.08 bits per heavy atom. The van der Waals surface area contributed by atoms with E-state index in [1.54, 1.807) is 14.2 Å². The van der Waals surface area contributed by atoms with Crippen molar-refractivity contribution in [2.24, 2.45) is 0 Å². The maximum absolute atomic E-state index is 14.9. The summed E-state index contributed by atoms with van der Waals surface area (Å²) >= 11 is 0. The molecule has 3 nitrogen and oxygen atoms in total. The lowest BCUT2D eigenvalue weighted by Gasteiger charge is -2.14. The molecule has 1 aliphatic heterocycles. The predicted octanol–water partition coefficient (Wildman–Crippen LogP) is 4.12. The van der Waals surface area contributed by atoms with Crippen LogP contribution >= 0.6 is 0 Å². The number of rotatable bonds is 7. The van der Waals surface area contributed by atoms with Crippen molar-refractivity contribution in [3.8, 4) is 11.5 Å². The van der Waals surface area contributed by atoms with Crippen LogP contribution in [0.1, 0.15) is 36.0 Å². The third-order valence-corrected chi connectivity index (χ3v) is 4.96. The van der Waals surface area contributed by atoms with Crippen LogP contribution in [0.5, 0.6) is 11.5 Å². The second-order valence-electron chi connectivity index (χ2n) is 6.58. The van der Waals surface area contributed by atoms with E-state index in [-0.39, 0.29) is 5.82 Å². The van der Waals surface area contributed by atoms with E-state index in [2.05, 4.69) is 5.32 Å². The zero-order chi connectivity index (χ0) is 17.6. The Morgan fingerprint density at radius 2 is 1.92 bits per heavy atom. The molecule has 1 N–H and O–H groups in total. The van der Waals surface area contributed by atoms with Gasteiger partial charge in [-0.3, -0.25) is 0 Å². The number of ether oxygens (including phenoxy) is 2. The zero-order valence-corrected chi connectivity index (χ0v) is 15.0. The molecule has 1 aliphatic rings. The lowest BCUT2D eigenvalue weighted by atomic mass is 9.97.